The van der Waals surface area contributed by atoms with Gasteiger partial charge in [0.25, 0.3) is 0 Å². The van der Waals surface area contributed by atoms with Gasteiger partial charge in [-0.1, -0.05) is 24.3 Å². The third kappa shape index (κ3) is 5.31. The van der Waals surface area contributed by atoms with E-state index >= 15 is 0 Å². The second-order valence-corrected chi connectivity index (χ2v) is 6.16. The van der Waals surface area contributed by atoms with Gasteiger partial charge in [0.2, 0.25) is 5.91 Å². The predicted octanol–water partition coefficient (Wildman–Crippen LogP) is 3.87. The molecule has 0 bridgehead atoms. The molecule has 2 aromatic carbocycles. The molecule has 152 valence electrons. The summed E-state index contributed by atoms with van der Waals surface area (Å²) in [5.74, 6) is -0.271. The summed E-state index contributed by atoms with van der Waals surface area (Å²) in [5, 5.41) is 2.77. The van der Waals surface area contributed by atoms with Crippen molar-refractivity contribution in [3.63, 3.8) is 0 Å². The molecule has 29 heavy (non-hydrogen) atoms. The Balaban J connectivity index is 1.53. The number of nitrogens with one attached hydrogen (secondary N) is 1. The smallest absolute Gasteiger partial charge is 0.387 e. The lowest BCUT2D eigenvalue weighted by atomic mass is 10.1. The number of aryl methyl sites for hydroxylation is 1. The molecular formula is C21H21F2N3O3. The summed E-state index contributed by atoms with van der Waals surface area (Å²) in [6.07, 6.45) is 5.19. The normalized spacial score (nSPS) is 11.3. The number of alkyl halides is 2. The number of fused-ring (bicyclic) bond motifs is 1. The van der Waals surface area contributed by atoms with Gasteiger partial charge < -0.3 is 19.4 Å². The summed E-state index contributed by atoms with van der Waals surface area (Å²) >= 11 is 0. The fourth-order valence-corrected chi connectivity index (χ4v) is 2.91. The fourth-order valence-electron chi connectivity index (χ4n) is 2.91. The van der Waals surface area contributed by atoms with Crippen LogP contribution < -0.4 is 14.8 Å². The van der Waals surface area contributed by atoms with Crippen molar-refractivity contribution in [1.82, 2.24) is 14.9 Å². The maximum absolute atomic E-state index is 12.6. The van der Waals surface area contributed by atoms with E-state index in [9.17, 15) is 13.6 Å². The third-order valence-electron chi connectivity index (χ3n) is 4.25. The topological polar surface area (TPSA) is 65.4 Å². The largest absolute Gasteiger partial charge is 0.493 e. The highest BCUT2D eigenvalue weighted by molar-refractivity contribution is 5.92. The second-order valence-electron chi connectivity index (χ2n) is 6.16. The van der Waals surface area contributed by atoms with Crippen molar-refractivity contribution in [3.8, 4) is 11.5 Å². The number of para-hydroxylation sites is 3. The van der Waals surface area contributed by atoms with E-state index < -0.39 is 6.61 Å². The molecule has 0 spiro atoms. The number of ether oxygens (including phenoxy) is 2. The van der Waals surface area contributed by atoms with E-state index in [1.807, 2.05) is 28.8 Å². The van der Waals surface area contributed by atoms with Crippen LogP contribution in [0.4, 0.5) is 8.78 Å². The molecule has 1 amide bonds. The van der Waals surface area contributed by atoms with Crippen LogP contribution in [0.3, 0.4) is 0 Å². The van der Waals surface area contributed by atoms with Crippen molar-refractivity contribution in [3.05, 3.63) is 60.4 Å². The fraction of sp³-hybridized carbons (Fsp3) is 0.238. The first-order valence-corrected chi connectivity index (χ1v) is 9.06. The first-order valence-electron chi connectivity index (χ1n) is 9.06. The van der Waals surface area contributed by atoms with E-state index in [2.05, 4.69) is 15.0 Å². The van der Waals surface area contributed by atoms with Crippen molar-refractivity contribution in [2.24, 2.45) is 0 Å². The molecule has 0 saturated heterocycles. The zero-order valence-corrected chi connectivity index (χ0v) is 15.8. The number of hydrogen-bond donors (Lipinski definition) is 1. The summed E-state index contributed by atoms with van der Waals surface area (Å²) < 4.78 is 36.9. The van der Waals surface area contributed by atoms with Crippen molar-refractivity contribution in [2.75, 3.05) is 13.7 Å². The Kier molecular flexibility index (Phi) is 6.78. The summed E-state index contributed by atoms with van der Waals surface area (Å²) in [6.45, 7) is -1.81. The van der Waals surface area contributed by atoms with Gasteiger partial charge in [-0.05, 0) is 30.7 Å². The lowest BCUT2D eigenvalue weighted by Gasteiger charge is -2.12. The van der Waals surface area contributed by atoms with Crippen LogP contribution in [0.25, 0.3) is 17.1 Å². The monoisotopic (exact) mass is 401 g/mol. The zero-order chi connectivity index (χ0) is 20.6. The molecule has 0 aliphatic carbocycles. The van der Waals surface area contributed by atoms with E-state index in [1.165, 1.54) is 25.3 Å². The summed E-state index contributed by atoms with van der Waals surface area (Å²) in [5.41, 5.74) is 2.30. The van der Waals surface area contributed by atoms with Crippen LogP contribution in [0.5, 0.6) is 11.5 Å². The molecular weight excluding hydrogens is 380 g/mol. The van der Waals surface area contributed by atoms with Crippen molar-refractivity contribution >= 4 is 23.0 Å². The Morgan fingerprint density at radius 1 is 1.24 bits per heavy atom. The molecule has 0 aliphatic heterocycles. The Morgan fingerprint density at radius 3 is 2.86 bits per heavy atom. The molecule has 3 rings (SSSR count). The number of nitrogens with zero attached hydrogens (tertiary/aromatic N) is 2. The zero-order valence-electron chi connectivity index (χ0n) is 15.8. The second kappa shape index (κ2) is 9.68. The average molecular weight is 401 g/mol. The Labute approximate surface area is 166 Å². The van der Waals surface area contributed by atoms with Crippen LogP contribution in [0.15, 0.2) is 54.9 Å². The molecule has 1 N–H and O–H groups in total. The molecule has 8 heteroatoms. The highest BCUT2D eigenvalue weighted by Gasteiger charge is 2.14. The number of carbonyl (C=O) groups is 1. The first-order chi connectivity index (χ1) is 14.1. The molecule has 6 nitrogen and oxygen atoms in total. The molecule has 0 radical (unpaired) electrons. The molecule has 0 atom stereocenters. The van der Waals surface area contributed by atoms with Gasteiger partial charge in [0, 0.05) is 24.7 Å². The molecule has 0 unspecified atom stereocenters. The molecule has 1 heterocycles. The van der Waals surface area contributed by atoms with Gasteiger partial charge in [0.1, 0.15) is 0 Å². The number of rotatable bonds is 9. The van der Waals surface area contributed by atoms with E-state index in [-0.39, 0.29) is 17.4 Å². The predicted molar refractivity (Wildman–Crippen MR) is 106 cm³/mol. The maximum atomic E-state index is 12.6. The minimum Gasteiger partial charge on any atom is -0.493 e. The van der Waals surface area contributed by atoms with Crippen molar-refractivity contribution in [2.45, 2.75) is 19.6 Å². The summed E-state index contributed by atoms with van der Waals surface area (Å²) in [7, 11) is 1.36. The van der Waals surface area contributed by atoms with Gasteiger partial charge in [-0.15, -0.1) is 0 Å². The standard InChI is InChI=1S/C21H21F2N3O3/c1-28-18-9-4-6-15(20(18)29-21(22)23)10-11-19(27)24-12-5-13-26-14-25-16-7-2-3-8-17(16)26/h2-4,6-11,14,21H,5,12-13H2,1H3,(H,24,27)/b11-10+. The number of carbonyl (C=O) groups excluding carboxylic acids is 1. The Bertz CT molecular complexity index is 1000. The van der Waals surface area contributed by atoms with Crippen molar-refractivity contribution < 1.29 is 23.0 Å². The number of imidazole rings is 1. The lowest BCUT2D eigenvalue weighted by Crippen LogP contribution is -2.23. The van der Waals surface area contributed by atoms with Gasteiger partial charge in [-0.2, -0.15) is 8.78 Å². The third-order valence-corrected chi connectivity index (χ3v) is 4.25. The van der Waals surface area contributed by atoms with Crippen LogP contribution in [0.1, 0.15) is 12.0 Å². The van der Waals surface area contributed by atoms with E-state index in [0.717, 1.165) is 17.5 Å². The van der Waals surface area contributed by atoms with Crippen molar-refractivity contribution in [1.29, 1.82) is 0 Å². The Hall–Kier alpha value is -3.42. The quantitative estimate of drug-likeness (QED) is 0.437. The average Bonchev–Trinajstić information content (AvgIpc) is 3.13. The van der Waals surface area contributed by atoms with Gasteiger partial charge in [-0.25, -0.2) is 4.98 Å². The molecule has 3 aromatic rings. The number of aromatic nitrogens is 2. The minimum absolute atomic E-state index is 0.110. The van der Waals surface area contributed by atoms with E-state index in [4.69, 9.17) is 4.74 Å². The highest BCUT2D eigenvalue weighted by Crippen LogP contribution is 2.33. The maximum Gasteiger partial charge on any atom is 0.387 e. The number of hydrogen-bond acceptors (Lipinski definition) is 4. The van der Waals surface area contributed by atoms with Crippen LogP contribution in [0, 0.1) is 0 Å². The SMILES string of the molecule is COc1cccc(/C=C/C(=O)NCCCn2cnc3ccccc32)c1OC(F)F. The summed E-state index contributed by atoms with van der Waals surface area (Å²) in [4.78, 5) is 16.4. The van der Waals surface area contributed by atoms with Crippen LogP contribution >= 0.6 is 0 Å². The number of benzene rings is 2. The molecule has 0 saturated carbocycles. The van der Waals surface area contributed by atoms with Crippen LogP contribution in [-0.2, 0) is 11.3 Å². The molecule has 0 fully saturated rings. The number of halogens is 2. The summed E-state index contributed by atoms with van der Waals surface area (Å²) in [6, 6.07) is 12.5. The van der Waals surface area contributed by atoms with E-state index in [0.29, 0.717) is 18.7 Å². The van der Waals surface area contributed by atoms with Gasteiger partial charge in [-0.3, -0.25) is 4.79 Å². The van der Waals surface area contributed by atoms with Crippen LogP contribution in [-0.4, -0.2) is 35.7 Å². The number of methoxy groups -OCH3 is 1. The minimum atomic E-state index is -2.99. The van der Waals surface area contributed by atoms with Crippen LogP contribution in [0.2, 0.25) is 0 Å². The van der Waals surface area contributed by atoms with Gasteiger partial charge >= 0.3 is 6.61 Å². The highest BCUT2D eigenvalue weighted by atomic mass is 19.3. The first kappa shape index (κ1) is 20.3. The number of amides is 1. The van der Waals surface area contributed by atoms with E-state index in [1.54, 1.807) is 18.5 Å². The van der Waals surface area contributed by atoms with Gasteiger partial charge in [0.05, 0.1) is 24.5 Å². The lowest BCUT2D eigenvalue weighted by molar-refractivity contribution is -0.116. The van der Waals surface area contributed by atoms with Gasteiger partial charge in [0.15, 0.2) is 11.5 Å². The molecule has 0 aliphatic rings. The Morgan fingerprint density at radius 2 is 2.07 bits per heavy atom. The molecule has 1 aromatic heterocycles.